The van der Waals surface area contributed by atoms with E-state index >= 15 is 0 Å². The zero-order chi connectivity index (χ0) is 43.0. The van der Waals surface area contributed by atoms with Gasteiger partial charge in [-0.05, 0) is 97.7 Å². The third-order valence-corrected chi connectivity index (χ3v) is 13.6. The van der Waals surface area contributed by atoms with E-state index in [0.717, 1.165) is 54.0 Å². The van der Waals surface area contributed by atoms with Crippen LogP contribution in [0, 0.1) is 27.8 Å². The zero-order valence-corrected chi connectivity index (χ0v) is 34.7. The minimum Gasteiger partial charge on any atom is -0.455 e. The predicted octanol–water partition coefficient (Wildman–Crippen LogP) is 5.85. The second kappa shape index (κ2) is 17.3. The Kier molecular flexibility index (Phi) is 11.5. The lowest BCUT2D eigenvalue weighted by atomic mass is 9.93. The normalized spacial score (nSPS) is 18.6. The fourth-order valence-corrected chi connectivity index (χ4v) is 9.58. The molecule has 324 valence electrons. The van der Waals surface area contributed by atoms with Crippen LogP contribution in [0.4, 0.5) is 21.5 Å². The molecule has 2 saturated heterocycles. The highest BCUT2D eigenvalue weighted by Crippen LogP contribution is 2.36. The van der Waals surface area contributed by atoms with Crippen molar-refractivity contribution in [3.63, 3.8) is 0 Å². The van der Waals surface area contributed by atoms with E-state index in [1.54, 1.807) is 30.5 Å². The van der Waals surface area contributed by atoms with Gasteiger partial charge in [-0.2, -0.15) is 0 Å². The quantitative estimate of drug-likeness (QED) is 0.0947. The number of carbonyl (C=O) groups is 2. The maximum atomic E-state index is 14.1. The number of anilines is 2. The van der Waals surface area contributed by atoms with Crippen LogP contribution in [-0.4, -0.2) is 103 Å². The number of hydrogen-bond acceptors (Lipinski definition) is 12. The number of pyridine rings is 1. The van der Waals surface area contributed by atoms with Crippen LogP contribution in [0.15, 0.2) is 84.0 Å². The van der Waals surface area contributed by atoms with Gasteiger partial charge in [0.15, 0.2) is 0 Å². The van der Waals surface area contributed by atoms with Crippen LogP contribution in [0.2, 0.25) is 0 Å². The Bertz CT molecular complexity index is 2620. The van der Waals surface area contributed by atoms with Crippen LogP contribution in [0.1, 0.15) is 47.2 Å². The second-order valence-corrected chi connectivity index (χ2v) is 18.2. The van der Waals surface area contributed by atoms with Crippen LogP contribution in [0.5, 0.6) is 11.5 Å². The summed E-state index contributed by atoms with van der Waals surface area (Å²) in [5.41, 5.74) is 2.98. The molecule has 1 atom stereocenters. The molecule has 3 aliphatic heterocycles. The average Bonchev–Trinajstić information content (AvgIpc) is 4.02. The summed E-state index contributed by atoms with van der Waals surface area (Å²) in [6, 6.07) is 16.8. The number of nitrogens with zero attached hydrogens (tertiary/aromatic N) is 5. The summed E-state index contributed by atoms with van der Waals surface area (Å²) < 4.78 is 55.2. The molecule has 0 bridgehead atoms. The summed E-state index contributed by atoms with van der Waals surface area (Å²) >= 11 is 0. The summed E-state index contributed by atoms with van der Waals surface area (Å²) in [5, 5.41) is 15.9. The molecule has 2 aromatic heterocycles. The van der Waals surface area contributed by atoms with Gasteiger partial charge in [-0.15, -0.1) is 0 Å². The highest BCUT2D eigenvalue weighted by molar-refractivity contribution is 7.90. The molecule has 3 fully saturated rings. The number of H-pyrrole nitrogens is 1. The van der Waals surface area contributed by atoms with Crippen molar-refractivity contribution in [1.82, 2.24) is 24.5 Å². The predicted molar refractivity (Wildman–Crippen MR) is 228 cm³/mol. The maximum absolute atomic E-state index is 14.1. The first-order valence-electron chi connectivity index (χ1n) is 20.9. The van der Waals surface area contributed by atoms with Crippen LogP contribution in [0.25, 0.3) is 11.0 Å². The monoisotopic (exact) mass is 866 g/mol. The lowest BCUT2D eigenvalue weighted by Gasteiger charge is -2.42. The number of amides is 2. The molecule has 2 amide bonds. The largest absolute Gasteiger partial charge is 0.455 e. The average molecular weight is 867 g/mol. The van der Waals surface area contributed by atoms with E-state index in [0.29, 0.717) is 76.8 Å². The van der Waals surface area contributed by atoms with Crippen LogP contribution in [-0.2, 0) is 32.5 Å². The first-order valence-corrected chi connectivity index (χ1v) is 22.4. The molecule has 4 aliphatic rings. The third-order valence-electron chi connectivity index (χ3n) is 12.3. The summed E-state index contributed by atoms with van der Waals surface area (Å²) in [6.07, 6.45) is 7.30. The molecule has 1 saturated carbocycles. The molecule has 18 heteroatoms. The number of nitro groups is 1. The van der Waals surface area contributed by atoms with Crippen LogP contribution in [0.3, 0.4) is 0 Å². The van der Waals surface area contributed by atoms with Gasteiger partial charge in [0, 0.05) is 100 Å². The second-order valence-electron chi connectivity index (χ2n) is 16.5. The molecule has 62 heavy (non-hydrogen) atoms. The lowest BCUT2D eigenvalue weighted by molar-refractivity contribution is -0.384. The molecule has 5 aromatic rings. The Morgan fingerprint density at radius 1 is 0.968 bits per heavy atom. The van der Waals surface area contributed by atoms with Gasteiger partial charge in [0.1, 0.15) is 28.7 Å². The first-order chi connectivity index (χ1) is 30.0. The van der Waals surface area contributed by atoms with E-state index < -0.39 is 31.4 Å². The van der Waals surface area contributed by atoms with Gasteiger partial charge in [-0.3, -0.25) is 24.6 Å². The molecule has 3 aromatic carbocycles. The molecule has 5 heterocycles. The van der Waals surface area contributed by atoms with Crippen LogP contribution < -0.4 is 19.7 Å². The van der Waals surface area contributed by atoms with Crippen molar-refractivity contribution in [3.05, 3.63) is 112 Å². The van der Waals surface area contributed by atoms with E-state index in [4.69, 9.17) is 9.47 Å². The molecule has 3 N–H and O–H groups in total. The van der Waals surface area contributed by atoms with E-state index in [9.17, 15) is 32.5 Å². The SMILES string of the molecule is O=C(NS(=O)(=O)c1ccc(NCC2CCOCC2)c([N+](=O)[O-])c1)c1ccc(N2CCN(C[C@@H]3Cc4ccc(F)cc4CN3C(=O)C3CC3)CC2)cc1Oc1cnc2[nH]ccc2c1. The number of carbonyl (C=O) groups excluding carboxylic acids is 2. The highest BCUT2D eigenvalue weighted by atomic mass is 32.2. The molecule has 16 nitrogen and oxygen atoms in total. The highest BCUT2D eigenvalue weighted by Gasteiger charge is 2.39. The molecular weight excluding hydrogens is 820 g/mol. The van der Waals surface area contributed by atoms with Gasteiger partial charge in [0.25, 0.3) is 21.6 Å². The zero-order valence-electron chi connectivity index (χ0n) is 33.9. The third kappa shape index (κ3) is 9.07. The minimum atomic E-state index is -4.58. The number of halogens is 1. The number of fused-ring (bicyclic) bond motifs is 2. The maximum Gasteiger partial charge on any atom is 0.293 e. The number of aromatic amines is 1. The number of nitrogens with one attached hydrogen (secondary N) is 3. The summed E-state index contributed by atoms with van der Waals surface area (Å²) in [7, 11) is -4.58. The van der Waals surface area contributed by atoms with E-state index in [2.05, 4.69) is 29.8 Å². The topological polar surface area (TPSA) is 192 Å². The van der Waals surface area contributed by atoms with Gasteiger partial charge < -0.3 is 29.6 Å². The van der Waals surface area contributed by atoms with Crippen molar-refractivity contribution >= 4 is 49.9 Å². The molecule has 0 spiro atoms. The van der Waals surface area contributed by atoms with Crippen molar-refractivity contribution in [2.24, 2.45) is 11.8 Å². The van der Waals surface area contributed by atoms with Crippen molar-refractivity contribution in [2.45, 2.75) is 49.6 Å². The van der Waals surface area contributed by atoms with Crippen molar-refractivity contribution in [1.29, 1.82) is 0 Å². The van der Waals surface area contributed by atoms with Gasteiger partial charge in [0.05, 0.1) is 21.6 Å². The molecule has 1 aliphatic carbocycles. The Morgan fingerprint density at radius 3 is 2.55 bits per heavy atom. The minimum absolute atomic E-state index is 0.0319. The fourth-order valence-electron chi connectivity index (χ4n) is 8.59. The Balaban J connectivity index is 0.916. The van der Waals surface area contributed by atoms with Gasteiger partial charge in [-0.1, -0.05) is 6.07 Å². The van der Waals surface area contributed by atoms with E-state index in [1.165, 1.54) is 30.5 Å². The molecule has 0 unspecified atom stereocenters. The number of sulfonamides is 1. The molecule has 0 radical (unpaired) electrons. The summed E-state index contributed by atoms with van der Waals surface area (Å²) in [5.74, 6) is -0.431. The smallest absolute Gasteiger partial charge is 0.293 e. The van der Waals surface area contributed by atoms with E-state index in [-0.39, 0.29) is 46.6 Å². The lowest BCUT2D eigenvalue weighted by Crippen LogP contribution is -2.54. The number of benzene rings is 3. The Morgan fingerprint density at radius 2 is 1.77 bits per heavy atom. The number of nitro benzene ring substituents is 1. The molecular formula is C44H47FN8O8S. The number of rotatable bonds is 13. The number of hydrogen-bond donors (Lipinski definition) is 3. The number of ether oxygens (including phenoxy) is 2. The Hall–Kier alpha value is -6.11. The van der Waals surface area contributed by atoms with Gasteiger partial charge >= 0.3 is 0 Å². The van der Waals surface area contributed by atoms with Crippen molar-refractivity contribution in [2.75, 3.05) is 62.7 Å². The number of piperazine rings is 1. The van der Waals surface area contributed by atoms with Crippen molar-refractivity contribution < 1.29 is 36.8 Å². The van der Waals surface area contributed by atoms with Gasteiger partial charge in [0.2, 0.25) is 5.91 Å². The standard InChI is InChI=1S/C44H47FN8O8S/c45-33-4-3-30-20-35(52(26-32(30)19-33)44(55)29-1-2-29)27-50-13-15-51(16-14-50)34-5-7-38(41(22-34)61-36-21-31-9-12-46-42(31)48-25-36)43(54)49-62(58,59)37-6-8-39(40(23-37)53(56)57)47-24-28-10-17-60-18-11-28/h3-9,12,19,21-23,25,28-29,35,47H,1-2,10-11,13-18,20,24,26-27H2,(H,46,48)(H,49,54)/t35-/m0/s1. The van der Waals surface area contributed by atoms with Gasteiger partial charge in [-0.25, -0.2) is 22.5 Å². The van der Waals surface area contributed by atoms with Crippen LogP contribution >= 0.6 is 0 Å². The fraction of sp³-hybridized carbons (Fsp3) is 0.386. The van der Waals surface area contributed by atoms with Crippen molar-refractivity contribution in [3.8, 4) is 11.5 Å². The summed E-state index contributed by atoms with van der Waals surface area (Å²) in [4.78, 5) is 52.1. The number of aromatic nitrogens is 2. The molecule has 9 rings (SSSR count). The Labute approximate surface area is 357 Å². The summed E-state index contributed by atoms with van der Waals surface area (Å²) in [6.45, 7) is 5.42. The van der Waals surface area contributed by atoms with E-state index in [1.807, 2.05) is 17.0 Å². The first kappa shape index (κ1) is 41.3.